The molecule has 0 fully saturated rings. The van der Waals surface area contributed by atoms with Crippen LogP contribution in [0.3, 0.4) is 0 Å². The van der Waals surface area contributed by atoms with Crippen molar-refractivity contribution in [3.63, 3.8) is 0 Å². The Balaban J connectivity index is 2.13. The van der Waals surface area contributed by atoms with E-state index in [1.54, 1.807) is 0 Å². The average molecular weight is 273 g/mol. The maximum Gasteiger partial charge on any atom is 0.333 e. The van der Waals surface area contributed by atoms with Crippen molar-refractivity contribution in [2.24, 2.45) is 0 Å². The van der Waals surface area contributed by atoms with E-state index in [0.717, 1.165) is 12.4 Å². The van der Waals surface area contributed by atoms with E-state index in [4.69, 9.17) is 4.74 Å². The number of imidazole rings is 1. The van der Waals surface area contributed by atoms with Gasteiger partial charge < -0.3 is 4.74 Å². The molecule has 2 aromatic heterocycles. The molecule has 3 heteroatoms. The molecule has 0 atom stereocenters. The van der Waals surface area contributed by atoms with Crippen molar-refractivity contribution in [2.75, 3.05) is 0 Å². The van der Waals surface area contributed by atoms with Crippen LogP contribution >= 0.6 is 0 Å². The second-order valence-electron chi connectivity index (χ2n) is 6.08. The molecule has 0 saturated carbocycles. The third-order valence-electron chi connectivity index (χ3n) is 5.09. The highest BCUT2D eigenvalue weighted by atomic mass is 16.5. The Morgan fingerprint density at radius 3 is 2.76 bits per heavy atom. The molecule has 0 radical (unpaired) electrons. The minimum Gasteiger partial charge on any atom is -0.454 e. The van der Waals surface area contributed by atoms with Crippen molar-refractivity contribution in [3.05, 3.63) is 53.2 Å². The summed E-state index contributed by atoms with van der Waals surface area (Å²) in [6, 6.07) is 13.3. The van der Waals surface area contributed by atoms with Gasteiger partial charge in [-0.25, -0.2) is 4.57 Å². The number of para-hydroxylation sites is 1. The summed E-state index contributed by atoms with van der Waals surface area (Å²) in [4.78, 5) is 0. The van der Waals surface area contributed by atoms with Crippen LogP contribution in [0.1, 0.15) is 16.8 Å². The number of rotatable bonds is 0. The number of ether oxygens (including phenoxy) is 1. The van der Waals surface area contributed by atoms with Crippen molar-refractivity contribution in [1.29, 1.82) is 0 Å². The van der Waals surface area contributed by atoms with Crippen LogP contribution in [0, 0.1) is 6.92 Å². The number of pyridine rings is 1. The summed E-state index contributed by atoms with van der Waals surface area (Å²) < 4.78 is 10.8. The van der Waals surface area contributed by atoms with Crippen LogP contribution in [0.2, 0.25) is 0 Å². The smallest absolute Gasteiger partial charge is 0.333 e. The van der Waals surface area contributed by atoms with E-state index in [1.807, 2.05) is 0 Å². The second kappa shape index (κ2) is 3.03. The fourth-order valence-electron chi connectivity index (χ4n) is 4.20. The van der Waals surface area contributed by atoms with Gasteiger partial charge in [0.05, 0.1) is 5.39 Å². The third kappa shape index (κ3) is 0.943. The predicted octanol–water partition coefficient (Wildman–Crippen LogP) is 3.10. The molecule has 2 aliphatic rings. The number of fused-ring (bicyclic) bond motifs is 1. The molecule has 0 unspecified atom stereocenters. The summed E-state index contributed by atoms with van der Waals surface area (Å²) in [7, 11) is 0. The maximum atomic E-state index is 6.06. The van der Waals surface area contributed by atoms with Crippen molar-refractivity contribution in [1.82, 2.24) is 4.57 Å². The number of hydrogen-bond donors (Lipinski definition) is 0. The van der Waals surface area contributed by atoms with Crippen molar-refractivity contribution >= 4 is 27.3 Å². The van der Waals surface area contributed by atoms with Crippen LogP contribution in [0.25, 0.3) is 27.3 Å². The van der Waals surface area contributed by atoms with Crippen LogP contribution in [-0.4, -0.2) is 4.57 Å². The van der Waals surface area contributed by atoms with Gasteiger partial charge in [-0.3, -0.25) is 0 Å². The van der Waals surface area contributed by atoms with E-state index in [2.05, 4.69) is 52.3 Å². The van der Waals surface area contributed by atoms with E-state index in [9.17, 15) is 0 Å². The van der Waals surface area contributed by atoms with Crippen LogP contribution in [-0.2, 0) is 13.2 Å². The highest BCUT2D eigenvalue weighted by Gasteiger charge is 2.36. The summed E-state index contributed by atoms with van der Waals surface area (Å²) in [6.07, 6.45) is 0. The number of aromatic nitrogens is 2. The van der Waals surface area contributed by atoms with Gasteiger partial charge in [-0.15, -0.1) is 0 Å². The molecule has 3 nitrogen and oxygen atoms in total. The van der Waals surface area contributed by atoms with Gasteiger partial charge in [0.2, 0.25) is 0 Å². The van der Waals surface area contributed by atoms with Crippen LogP contribution in [0.4, 0.5) is 0 Å². The molecule has 4 heterocycles. The molecule has 0 spiro atoms. The zero-order valence-corrected chi connectivity index (χ0v) is 11.7. The summed E-state index contributed by atoms with van der Waals surface area (Å²) in [5.41, 5.74) is 6.55. The van der Waals surface area contributed by atoms with E-state index in [-0.39, 0.29) is 0 Å². The van der Waals surface area contributed by atoms with Gasteiger partial charge >= 0.3 is 5.88 Å². The predicted molar refractivity (Wildman–Crippen MR) is 80.8 cm³/mol. The molecule has 4 aromatic rings. The second-order valence-corrected chi connectivity index (χ2v) is 6.08. The van der Waals surface area contributed by atoms with Gasteiger partial charge in [-0.1, -0.05) is 36.4 Å². The number of nitrogens with zero attached hydrogens (tertiary/aromatic N) is 2. The summed E-state index contributed by atoms with van der Waals surface area (Å²) in [5, 5.41) is 4.10. The lowest BCUT2D eigenvalue weighted by molar-refractivity contribution is -0.496. The Bertz CT molecular complexity index is 1120. The Morgan fingerprint density at radius 2 is 1.86 bits per heavy atom. The Labute approximate surface area is 121 Å². The molecule has 2 aromatic carbocycles. The van der Waals surface area contributed by atoms with Gasteiger partial charge in [0.15, 0.2) is 11.2 Å². The minimum absolute atomic E-state index is 0.669. The zero-order valence-electron chi connectivity index (χ0n) is 11.7. The van der Waals surface area contributed by atoms with E-state index in [0.29, 0.717) is 6.61 Å². The quantitative estimate of drug-likeness (QED) is 0.313. The molecule has 0 amide bonds. The fourth-order valence-corrected chi connectivity index (χ4v) is 4.20. The molecule has 100 valence electrons. The molecule has 0 N–H and O–H groups in total. The molecule has 0 bridgehead atoms. The van der Waals surface area contributed by atoms with Gasteiger partial charge in [-0.05, 0) is 0 Å². The van der Waals surface area contributed by atoms with E-state index in [1.165, 1.54) is 44.1 Å². The highest BCUT2D eigenvalue weighted by molar-refractivity contribution is 6.12. The molecule has 21 heavy (non-hydrogen) atoms. The summed E-state index contributed by atoms with van der Waals surface area (Å²) in [5.74, 6) is 1.02. The van der Waals surface area contributed by atoms with Crippen LogP contribution < -0.4 is 9.14 Å². The molecule has 6 rings (SSSR count). The molecule has 0 saturated heterocycles. The molecule has 0 aliphatic carbocycles. The maximum absolute atomic E-state index is 6.06. The third-order valence-corrected chi connectivity index (χ3v) is 5.09. The topological polar surface area (TPSA) is 18.3 Å². The number of hydrogen-bond acceptors (Lipinski definition) is 1. The first-order valence-corrected chi connectivity index (χ1v) is 7.37. The normalized spacial score (nSPS) is 14.9. The number of benzene rings is 2. The first kappa shape index (κ1) is 10.2. The van der Waals surface area contributed by atoms with Crippen LogP contribution in [0.15, 0.2) is 36.4 Å². The Hall–Kier alpha value is -2.55. The summed E-state index contributed by atoms with van der Waals surface area (Å²) in [6.45, 7) is 3.79. The van der Waals surface area contributed by atoms with E-state index < -0.39 is 0 Å². The fraction of sp³-hybridized carbons (Fsp3) is 0.167. The molecular formula is C18H13N2O+. The lowest BCUT2D eigenvalue weighted by Crippen LogP contribution is -2.29. The van der Waals surface area contributed by atoms with E-state index >= 15 is 0 Å². The van der Waals surface area contributed by atoms with Crippen molar-refractivity contribution in [3.8, 4) is 5.88 Å². The van der Waals surface area contributed by atoms with Gasteiger partial charge in [-0.2, -0.15) is 4.40 Å². The van der Waals surface area contributed by atoms with Crippen molar-refractivity contribution < 1.29 is 9.14 Å². The SMILES string of the molecule is Cc1c2[n+]3c4c(cccc4c4cccc5c4c3n1C5)CO2. The monoisotopic (exact) mass is 273 g/mol. The molecule has 2 aliphatic heterocycles. The average Bonchev–Trinajstić information content (AvgIpc) is 3.03. The Kier molecular flexibility index (Phi) is 1.48. The van der Waals surface area contributed by atoms with Crippen molar-refractivity contribution in [2.45, 2.75) is 20.1 Å². The Morgan fingerprint density at radius 1 is 1.05 bits per heavy atom. The van der Waals surface area contributed by atoms with Gasteiger partial charge in [0.25, 0.3) is 5.65 Å². The first-order valence-electron chi connectivity index (χ1n) is 7.37. The lowest BCUT2D eigenvalue weighted by atomic mass is 10.0. The largest absolute Gasteiger partial charge is 0.454 e. The highest BCUT2D eigenvalue weighted by Crippen LogP contribution is 2.39. The van der Waals surface area contributed by atoms with Gasteiger partial charge in [0.1, 0.15) is 13.2 Å². The first-order chi connectivity index (χ1) is 10.3. The standard InChI is InChI=1S/C18H13N2O/c1-10-18-20-16-12(9-21-18)5-3-7-14(16)13-6-2-4-11-8-19(10)17(20)15(11)13/h2-7H,8-9H2,1H3/q+1. The minimum atomic E-state index is 0.669. The zero-order chi connectivity index (χ0) is 13.7. The molecular weight excluding hydrogens is 260 g/mol. The van der Waals surface area contributed by atoms with Crippen LogP contribution in [0.5, 0.6) is 5.88 Å². The summed E-state index contributed by atoms with van der Waals surface area (Å²) >= 11 is 0. The lowest BCUT2D eigenvalue weighted by Gasteiger charge is -2.14. The van der Waals surface area contributed by atoms with Gasteiger partial charge in [0, 0.05) is 28.8 Å².